The predicted molar refractivity (Wildman–Crippen MR) is 149 cm³/mol. The maximum atomic E-state index is 14.2. The van der Waals surface area contributed by atoms with E-state index in [1.807, 2.05) is 13.8 Å². The van der Waals surface area contributed by atoms with Crippen LogP contribution in [0.2, 0.25) is 0 Å². The number of likely N-dealkylation sites (N-methyl/N-ethyl adjacent to an activating group) is 1. The number of benzene rings is 2. The number of morpholine rings is 1. The molecule has 0 bridgehead atoms. The van der Waals surface area contributed by atoms with Crippen LogP contribution in [0.1, 0.15) is 54.1 Å². The average Bonchev–Trinajstić information content (AvgIpc) is 2.89. The summed E-state index contributed by atoms with van der Waals surface area (Å²) >= 11 is 0. The van der Waals surface area contributed by atoms with Gasteiger partial charge in [0, 0.05) is 44.5 Å². The molecule has 1 aromatic heterocycles. The monoisotopic (exact) mass is 573 g/mol. The lowest BCUT2D eigenvalue weighted by molar-refractivity contribution is -0.138. The summed E-state index contributed by atoms with van der Waals surface area (Å²) in [5, 5.41) is 3.03. The molecule has 41 heavy (non-hydrogen) atoms. The van der Waals surface area contributed by atoms with E-state index in [1.54, 1.807) is 50.2 Å². The van der Waals surface area contributed by atoms with Crippen molar-refractivity contribution in [2.24, 2.45) is 0 Å². The summed E-state index contributed by atoms with van der Waals surface area (Å²) in [5.41, 5.74) is -0.795. The zero-order chi connectivity index (χ0) is 30.2. The topological polar surface area (TPSA) is 96.8 Å². The normalized spacial score (nSPS) is 18.3. The summed E-state index contributed by atoms with van der Waals surface area (Å²) in [6.07, 6.45) is -4.86. The van der Waals surface area contributed by atoms with Gasteiger partial charge in [0.1, 0.15) is 12.4 Å². The molecule has 2 aromatic carbocycles. The Morgan fingerprint density at radius 3 is 2.29 bits per heavy atom. The fraction of sp³-hybridized carbons (Fsp3) is 0.448. The van der Waals surface area contributed by atoms with Crippen molar-refractivity contribution < 1.29 is 27.5 Å². The van der Waals surface area contributed by atoms with Crippen LogP contribution in [-0.4, -0.2) is 70.6 Å². The maximum Gasteiger partial charge on any atom is 0.416 e. The Hall–Kier alpha value is -3.93. The fourth-order valence-electron chi connectivity index (χ4n) is 5.03. The molecule has 2 heterocycles. The van der Waals surface area contributed by atoms with Gasteiger partial charge in [0.2, 0.25) is 5.91 Å². The molecular formula is C29H34F3N5O4. The number of carbonyl (C=O) groups is 2. The number of fused-ring (bicyclic) bond motifs is 1. The van der Waals surface area contributed by atoms with Crippen LogP contribution in [0.25, 0.3) is 10.9 Å². The Labute approximate surface area is 235 Å². The molecule has 3 aromatic rings. The minimum atomic E-state index is -4.70. The number of alkyl halides is 3. The molecule has 3 atom stereocenters. The van der Waals surface area contributed by atoms with Gasteiger partial charge in [-0.2, -0.15) is 13.2 Å². The summed E-state index contributed by atoms with van der Waals surface area (Å²) in [6.45, 7) is 7.51. The van der Waals surface area contributed by atoms with Crippen LogP contribution in [0, 0.1) is 6.92 Å². The van der Waals surface area contributed by atoms with E-state index >= 15 is 0 Å². The predicted octanol–water partition coefficient (Wildman–Crippen LogP) is 4.23. The number of hydrogen-bond donors (Lipinski definition) is 1. The first-order valence-electron chi connectivity index (χ1n) is 13.3. The van der Waals surface area contributed by atoms with Gasteiger partial charge in [-0.25, -0.2) is 4.98 Å². The summed E-state index contributed by atoms with van der Waals surface area (Å²) < 4.78 is 49.3. The van der Waals surface area contributed by atoms with E-state index in [9.17, 15) is 27.6 Å². The minimum Gasteiger partial charge on any atom is -0.379 e. The first-order chi connectivity index (χ1) is 19.1. The van der Waals surface area contributed by atoms with Crippen molar-refractivity contribution in [2.75, 3.05) is 32.5 Å². The molecule has 1 aliphatic rings. The number of aromatic nitrogens is 2. The van der Waals surface area contributed by atoms with Crippen molar-refractivity contribution in [3.63, 3.8) is 0 Å². The van der Waals surface area contributed by atoms with E-state index in [-0.39, 0.29) is 52.9 Å². The summed E-state index contributed by atoms with van der Waals surface area (Å²) in [7, 11) is 3.09. The number of rotatable bonds is 6. The second-order valence-electron chi connectivity index (χ2n) is 10.7. The number of halogens is 3. The van der Waals surface area contributed by atoms with Crippen LogP contribution in [-0.2, 0) is 22.3 Å². The molecule has 220 valence electrons. The van der Waals surface area contributed by atoms with Crippen LogP contribution in [0.4, 0.5) is 18.9 Å². The van der Waals surface area contributed by atoms with Crippen molar-refractivity contribution in [3.05, 3.63) is 69.3 Å². The Balaban J connectivity index is 1.65. The number of nitrogens with one attached hydrogen (secondary N) is 1. The van der Waals surface area contributed by atoms with Gasteiger partial charge in [-0.3, -0.25) is 19.0 Å². The number of nitrogens with zero attached hydrogens (tertiary/aromatic N) is 4. The van der Waals surface area contributed by atoms with Crippen LogP contribution in [0.5, 0.6) is 0 Å². The highest BCUT2D eigenvalue weighted by atomic mass is 19.4. The lowest BCUT2D eigenvalue weighted by Crippen LogP contribution is -2.48. The quantitative estimate of drug-likeness (QED) is 0.474. The van der Waals surface area contributed by atoms with Crippen molar-refractivity contribution in [1.82, 2.24) is 19.4 Å². The minimum absolute atomic E-state index is 0.0197. The van der Waals surface area contributed by atoms with Crippen molar-refractivity contribution in [1.29, 1.82) is 0 Å². The first-order valence-corrected chi connectivity index (χ1v) is 13.3. The summed E-state index contributed by atoms with van der Waals surface area (Å²) in [6, 6.07) is 7.73. The van der Waals surface area contributed by atoms with Crippen LogP contribution in [0.3, 0.4) is 0 Å². The van der Waals surface area contributed by atoms with Gasteiger partial charge in [0.15, 0.2) is 0 Å². The van der Waals surface area contributed by atoms with E-state index in [0.29, 0.717) is 24.3 Å². The second kappa shape index (κ2) is 11.5. The lowest BCUT2D eigenvalue weighted by Gasteiger charge is -2.35. The van der Waals surface area contributed by atoms with Crippen molar-refractivity contribution in [3.8, 4) is 0 Å². The summed E-state index contributed by atoms with van der Waals surface area (Å²) in [4.78, 5) is 45.8. The summed E-state index contributed by atoms with van der Waals surface area (Å²) in [5.74, 6) is -0.356. The average molecular weight is 574 g/mol. The van der Waals surface area contributed by atoms with Gasteiger partial charge >= 0.3 is 6.18 Å². The first kappa shape index (κ1) is 30.0. The highest BCUT2D eigenvalue weighted by Gasteiger charge is 2.36. The van der Waals surface area contributed by atoms with Gasteiger partial charge in [0.25, 0.3) is 11.5 Å². The van der Waals surface area contributed by atoms with E-state index in [0.717, 1.165) is 10.6 Å². The highest BCUT2D eigenvalue weighted by Crippen LogP contribution is 2.37. The molecule has 0 spiro atoms. The molecule has 1 N–H and O–H groups in total. The van der Waals surface area contributed by atoms with Crippen LogP contribution >= 0.6 is 0 Å². The number of carbonyl (C=O) groups excluding carboxylic acids is 2. The third-order valence-corrected chi connectivity index (χ3v) is 7.10. The zero-order valence-corrected chi connectivity index (χ0v) is 23.9. The standard InChI is InChI=1S/C29H34F3N5O4/c1-16-13-36(14-17(2)41-16)27(39)20-7-9-21(10-8-20)33-18(3)22-11-23-25(12-24(22)29(30,31)32)34-19(4)37(28(23)40)15-26(38)35(5)6/h7-12,16-18,33H,13-15H2,1-6H3. The van der Waals surface area contributed by atoms with Crippen molar-refractivity contribution in [2.45, 2.75) is 58.7 Å². The number of ether oxygens (including phenoxy) is 1. The molecule has 9 nitrogen and oxygen atoms in total. The maximum absolute atomic E-state index is 14.2. The van der Waals surface area contributed by atoms with E-state index < -0.39 is 23.3 Å². The van der Waals surface area contributed by atoms with E-state index in [2.05, 4.69) is 10.3 Å². The van der Waals surface area contributed by atoms with Gasteiger partial charge in [-0.15, -0.1) is 0 Å². The Bertz CT molecular complexity index is 1510. The third kappa shape index (κ3) is 6.53. The molecule has 0 radical (unpaired) electrons. The van der Waals surface area contributed by atoms with E-state index in [1.165, 1.54) is 17.9 Å². The molecule has 4 rings (SSSR count). The van der Waals surface area contributed by atoms with E-state index in [4.69, 9.17) is 4.74 Å². The van der Waals surface area contributed by atoms with Crippen LogP contribution in [0.15, 0.2) is 41.2 Å². The third-order valence-electron chi connectivity index (χ3n) is 7.10. The molecule has 0 saturated carbocycles. The van der Waals surface area contributed by atoms with Crippen molar-refractivity contribution >= 4 is 28.4 Å². The number of anilines is 1. The number of hydrogen-bond acceptors (Lipinski definition) is 6. The Morgan fingerprint density at radius 2 is 1.73 bits per heavy atom. The molecule has 1 aliphatic heterocycles. The highest BCUT2D eigenvalue weighted by molar-refractivity contribution is 5.94. The molecule has 12 heteroatoms. The Morgan fingerprint density at radius 1 is 1.12 bits per heavy atom. The van der Waals surface area contributed by atoms with Gasteiger partial charge in [-0.1, -0.05) is 0 Å². The van der Waals surface area contributed by atoms with Gasteiger partial charge < -0.3 is 19.9 Å². The smallest absolute Gasteiger partial charge is 0.379 e. The zero-order valence-electron chi connectivity index (χ0n) is 23.9. The number of aryl methyl sites for hydroxylation is 1. The molecule has 1 fully saturated rings. The molecule has 3 unspecified atom stereocenters. The van der Waals surface area contributed by atoms with Gasteiger partial charge in [0.05, 0.1) is 28.7 Å². The molecule has 0 aliphatic carbocycles. The fourth-order valence-corrected chi connectivity index (χ4v) is 5.03. The molecular weight excluding hydrogens is 539 g/mol. The second-order valence-corrected chi connectivity index (χ2v) is 10.7. The number of amides is 2. The lowest BCUT2D eigenvalue weighted by atomic mass is 9.98. The SMILES string of the molecule is Cc1nc2cc(C(F)(F)F)c(C(C)Nc3ccc(C(=O)N4CC(C)OC(C)C4)cc3)cc2c(=O)n1CC(=O)N(C)C. The van der Waals surface area contributed by atoms with Gasteiger partial charge in [-0.05, 0) is 69.7 Å². The molecule has 1 saturated heterocycles. The molecule has 2 amide bonds. The van der Waals surface area contributed by atoms with Crippen LogP contribution < -0.4 is 10.9 Å². The largest absolute Gasteiger partial charge is 0.416 e. The Kier molecular flexibility index (Phi) is 8.44.